The van der Waals surface area contributed by atoms with Gasteiger partial charge in [-0.1, -0.05) is 202 Å². The van der Waals surface area contributed by atoms with Crippen molar-refractivity contribution in [1.29, 1.82) is 0 Å². The minimum absolute atomic E-state index is 0.797. The van der Waals surface area contributed by atoms with Gasteiger partial charge in [0.25, 0.3) is 0 Å². The largest absolute Gasteiger partial charge is 0.457 e. The Hall–Kier alpha value is -9.74. The number of para-hydroxylation sites is 2. The third kappa shape index (κ3) is 8.41. The van der Waals surface area contributed by atoms with E-state index in [1.165, 1.54) is 43.8 Å². The fourth-order valence-corrected chi connectivity index (χ4v) is 12.3. The first-order chi connectivity index (χ1) is 39.9. The second-order valence-corrected chi connectivity index (χ2v) is 21.9. The molecule has 10 heteroatoms. The van der Waals surface area contributed by atoms with Crippen LogP contribution in [-0.4, -0.2) is 19.1 Å². The van der Waals surface area contributed by atoms with Crippen LogP contribution in [-0.2, 0) is 6.42 Å². The van der Waals surface area contributed by atoms with Crippen molar-refractivity contribution in [2.24, 2.45) is 0 Å². The van der Waals surface area contributed by atoms with Crippen LogP contribution < -0.4 is 19.9 Å². The smallest absolute Gasteiger partial charge is 0.153 e. The van der Waals surface area contributed by atoms with E-state index in [1.807, 2.05) is 97.1 Å². The van der Waals surface area contributed by atoms with E-state index in [0.717, 1.165) is 123 Å². The molecule has 0 saturated carbocycles. The van der Waals surface area contributed by atoms with Crippen molar-refractivity contribution in [2.75, 3.05) is 5.73 Å². The monoisotopic (exact) mass is 1170 g/mol. The normalized spacial score (nSPS) is 12.1. The Labute approximate surface area is 483 Å². The number of hydrogen-bond acceptors (Lipinski definition) is 6. The molecule has 2 aromatic heterocycles. The number of rotatable bonds is 4. The maximum atomic E-state index is 6.62. The molecule has 0 saturated heterocycles. The quantitative estimate of drug-likeness (QED) is 0.139. The SMILES string of the molecule is Brc1ccc2c(c1)Oc1cccc3nc(-c4ccccc4)n-2c13.Nc1cccc2c1Cc1ccc(Br)cc1O2.c1ccc(-c2c3ccccc3c(-c3ccc4c(c3)Oc3cccc5nc(-c6ccccc6)n-4c35)c3ccccc23)cc1. The number of benzene rings is 12. The number of nitrogens with two attached hydrogens (primary N) is 1. The van der Waals surface area contributed by atoms with Crippen LogP contribution in [0.3, 0.4) is 0 Å². The Morgan fingerprint density at radius 1 is 0.358 bits per heavy atom. The molecule has 0 aliphatic carbocycles. The van der Waals surface area contributed by atoms with Crippen LogP contribution in [0.5, 0.6) is 34.5 Å². The molecule has 0 bridgehead atoms. The standard InChI is InChI=1S/C39H24N2O.C19H11BrN2O.C13H10BrNO/c1-3-12-25(13-4-1)36-28-16-7-9-18-30(28)37(31-19-10-8-17-29(31)36)27-22-23-33-35(24-27)42-34-21-11-20-32-38(34)41(33)39(40-32)26-14-5-2-6-15-26;20-13-9-10-15-17(11-13)23-16-8-4-7-14-18(16)22(15)19(21-14)12-5-2-1-3-6-12;14-9-5-4-8-6-10-11(15)2-1-3-12(10)16-13(8)7-9/h1-24H;1-11H;1-5,7H,6,15H2. The zero-order valence-electron chi connectivity index (χ0n) is 43.2. The van der Waals surface area contributed by atoms with Gasteiger partial charge in [-0.2, -0.15) is 0 Å². The van der Waals surface area contributed by atoms with Crippen LogP contribution in [0.25, 0.3) is 100 Å². The number of anilines is 1. The van der Waals surface area contributed by atoms with Gasteiger partial charge in [0.1, 0.15) is 34.2 Å². The minimum Gasteiger partial charge on any atom is -0.457 e. The predicted molar refractivity (Wildman–Crippen MR) is 335 cm³/mol. The van der Waals surface area contributed by atoms with Gasteiger partial charge in [-0.3, -0.25) is 9.13 Å². The summed E-state index contributed by atoms with van der Waals surface area (Å²) in [5.74, 6) is 6.93. The van der Waals surface area contributed by atoms with E-state index in [4.69, 9.17) is 29.9 Å². The van der Waals surface area contributed by atoms with Crippen molar-refractivity contribution in [3.63, 3.8) is 0 Å². The van der Waals surface area contributed by atoms with E-state index in [2.05, 4.69) is 193 Å². The number of ether oxygens (including phenoxy) is 3. The highest BCUT2D eigenvalue weighted by Gasteiger charge is 2.28. The Balaban J connectivity index is 0.000000120. The number of hydrogen-bond donors (Lipinski definition) is 1. The van der Waals surface area contributed by atoms with Gasteiger partial charge in [0.05, 0.1) is 22.4 Å². The van der Waals surface area contributed by atoms with E-state index < -0.39 is 0 Å². The van der Waals surface area contributed by atoms with Gasteiger partial charge in [-0.05, 0) is 128 Å². The van der Waals surface area contributed by atoms with E-state index in [-0.39, 0.29) is 0 Å². The van der Waals surface area contributed by atoms with E-state index in [9.17, 15) is 0 Å². The Morgan fingerprint density at radius 3 is 1.35 bits per heavy atom. The third-order valence-electron chi connectivity index (χ3n) is 15.2. The number of nitrogen functional groups attached to an aromatic ring is 1. The summed E-state index contributed by atoms with van der Waals surface area (Å²) in [7, 11) is 0. The molecule has 8 nitrogen and oxygen atoms in total. The van der Waals surface area contributed by atoms with Crippen LogP contribution in [0, 0.1) is 0 Å². The topological polar surface area (TPSA) is 89.3 Å². The molecule has 0 radical (unpaired) electrons. The van der Waals surface area contributed by atoms with Crippen molar-refractivity contribution >= 4 is 81.2 Å². The highest BCUT2D eigenvalue weighted by molar-refractivity contribution is 9.10. The lowest BCUT2D eigenvalue weighted by Gasteiger charge is -2.23. The molecule has 0 unspecified atom stereocenters. The summed E-state index contributed by atoms with van der Waals surface area (Å²) in [5, 5.41) is 4.93. The zero-order valence-corrected chi connectivity index (χ0v) is 46.4. The molecule has 5 heterocycles. The predicted octanol–water partition coefficient (Wildman–Crippen LogP) is 19.7. The van der Waals surface area contributed by atoms with Crippen LogP contribution in [0.15, 0.2) is 258 Å². The molecule has 0 fully saturated rings. The molecular weight excluding hydrogens is 1130 g/mol. The first-order valence-electron chi connectivity index (χ1n) is 26.7. The Bertz CT molecular complexity index is 4750. The maximum absolute atomic E-state index is 6.62. The highest BCUT2D eigenvalue weighted by atomic mass is 79.9. The van der Waals surface area contributed by atoms with Gasteiger partial charge in [-0.15, -0.1) is 0 Å². The first-order valence-corrected chi connectivity index (χ1v) is 28.3. The molecule has 0 spiro atoms. The lowest BCUT2D eigenvalue weighted by Crippen LogP contribution is -2.06. The van der Waals surface area contributed by atoms with Crippen molar-refractivity contribution in [3.8, 4) is 90.9 Å². The number of nitrogens with zero attached hydrogens (tertiary/aromatic N) is 4. The average Bonchev–Trinajstić information content (AvgIpc) is 4.13. The summed E-state index contributed by atoms with van der Waals surface area (Å²) in [5.41, 5.74) is 21.9. The number of imidazole rings is 2. The van der Waals surface area contributed by atoms with E-state index in [0.29, 0.717) is 0 Å². The van der Waals surface area contributed by atoms with Gasteiger partial charge in [0, 0.05) is 37.7 Å². The van der Waals surface area contributed by atoms with Gasteiger partial charge in [0.15, 0.2) is 23.0 Å². The Kier molecular flexibility index (Phi) is 11.9. The molecule has 81 heavy (non-hydrogen) atoms. The fraction of sp³-hybridized carbons (Fsp3) is 0.0141. The molecule has 0 amide bonds. The van der Waals surface area contributed by atoms with Gasteiger partial charge < -0.3 is 19.9 Å². The molecule has 0 atom stereocenters. The number of fused-ring (bicyclic) bond motifs is 8. The highest BCUT2D eigenvalue weighted by Crippen LogP contribution is 2.49. The fourth-order valence-electron chi connectivity index (χ4n) is 11.6. The average molecular weight is 1180 g/mol. The summed E-state index contributed by atoms with van der Waals surface area (Å²) in [6.07, 6.45) is 0.838. The molecular formula is C71H45Br2N5O3. The first kappa shape index (κ1) is 48.4. The summed E-state index contributed by atoms with van der Waals surface area (Å²) >= 11 is 6.96. The molecule has 386 valence electrons. The van der Waals surface area contributed by atoms with Gasteiger partial charge in [0.2, 0.25) is 0 Å². The zero-order chi connectivity index (χ0) is 54.1. The van der Waals surface area contributed by atoms with Gasteiger partial charge in [-0.25, -0.2) is 9.97 Å². The molecule has 3 aliphatic heterocycles. The second kappa shape index (κ2) is 19.9. The van der Waals surface area contributed by atoms with Crippen molar-refractivity contribution in [3.05, 3.63) is 269 Å². The van der Waals surface area contributed by atoms with Crippen LogP contribution in [0.4, 0.5) is 5.69 Å². The summed E-state index contributed by atoms with van der Waals surface area (Å²) < 4.78 is 25.0. The van der Waals surface area contributed by atoms with Crippen LogP contribution in [0.1, 0.15) is 11.1 Å². The van der Waals surface area contributed by atoms with Crippen LogP contribution in [0.2, 0.25) is 0 Å². The molecule has 17 rings (SSSR count). The molecule has 12 aromatic carbocycles. The lowest BCUT2D eigenvalue weighted by atomic mass is 9.86. The molecule has 2 N–H and O–H groups in total. The summed E-state index contributed by atoms with van der Waals surface area (Å²) in [4.78, 5) is 9.88. The van der Waals surface area contributed by atoms with Crippen molar-refractivity contribution < 1.29 is 14.2 Å². The second-order valence-electron chi connectivity index (χ2n) is 20.1. The lowest BCUT2D eigenvalue weighted by molar-refractivity contribution is 0.460. The van der Waals surface area contributed by atoms with E-state index in [1.54, 1.807) is 0 Å². The van der Waals surface area contributed by atoms with Crippen molar-refractivity contribution in [1.82, 2.24) is 19.1 Å². The number of aromatic nitrogens is 4. The molecule has 14 aromatic rings. The molecule has 3 aliphatic rings. The summed E-state index contributed by atoms with van der Waals surface area (Å²) in [6.45, 7) is 0. The minimum atomic E-state index is 0.797. The summed E-state index contributed by atoms with van der Waals surface area (Å²) in [6, 6.07) is 85.5. The van der Waals surface area contributed by atoms with Crippen LogP contribution >= 0.6 is 31.9 Å². The van der Waals surface area contributed by atoms with E-state index >= 15 is 0 Å². The number of halogens is 2. The van der Waals surface area contributed by atoms with Gasteiger partial charge >= 0.3 is 0 Å². The maximum Gasteiger partial charge on any atom is 0.153 e. The van der Waals surface area contributed by atoms with Crippen molar-refractivity contribution in [2.45, 2.75) is 6.42 Å². The third-order valence-corrected chi connectivity index (χ3v) is 16.2. The Morgan fingerprint density at radius 2 is 0.790 bits per heavy atom.